The Morgan fingerprint density at radius 3 is 2.57 bits per heavy atom. The Labute approximate surface area is 206 Å². The maximum Gasteiger partial charge on any atom is 0.305 e. The minimum absolute atomic E-state index is 0.0927. The Hall–Kier alpha value is -3.35. The standard InChI is InChI=1S/C28H35N3O4/c1-31-25-15-13-22(35-2)18-24(25)30-27(31)23(14-8-19-6-4-3-5-7-19)20-9-11-21(12-10-20)28(34)29-17-16-26(32)33/h9-13,15,18-19,23H,3-8,14,16-17H2,1-2H3,(H,29,34)(H,32,33). The zero-order valence-corrected chi connectivity index (χ0v) is 20.6. The van der Waals surface area contributed by atoms with E-state index in [0.717, 1.165) is 46.9 Å². The number of hydrogen-bond donors (Lipinski definition) is 2. The lowest BCUT2D eigenvalue weighted by atomic mass is 9.82. The molecule has 2 aromatic carbocycles. The molecule has 35 heavy (non-hydrogen) atoms. The van der Waals surface area contributed by atoms with Crippen LogP contribution in [0.4, 0.5) is 0 Å². The van der Waals surface area contributed by atoms with Gasteiger partial charge in [-0.1, -0.05) is 44.2 Å². The van der Waals surface area contributed by atoms with Crippen molar-refractivity contribution in [3.8, 4) is 5.75 Å². The van der Waals surface area contributed by atoms with Crippen LogP contribution in [-0.4, -0.2) is 40.2 Å². The fourth-order valence-electron chi connectivity index (χ4n) is 5.21. The molecule has 0 saturated heterocycles. The zero-order chi connectivity index (χ0) is 24.8. The van der Waals surface area contributed by atoms with Crippen LogP contribution in [0.3, 0.4) is 0 Å². The van der Waals surface area contributed by atoms with Crippen molar-refractivity contribution in [2.45, 2.75) is 57.3 Å². The summed E-state index contributed by atoms with van der Waals surface area (Å²) in [4.78, 5) is 28.1. The number of aryl methyl sites for hydroxylation is 1. The summed E-state index contributed by atoms with van der Waals surface area (Å²) >= 11 is 0. The van der Waals surface area contributed by atoms with Gasteiger partial charge in [0.15, 0.2) is 0 Å². The third kappa shape index (κ3) is 6.02. The third-order valence-corrected chi connectivity index (χ3v) is 7.22. The van der Waals surface area contributed by atoms with Gasteiger partial charge in [0.2, 0.25) is 0 Å². The van der Waals surface area contributed by atoms with E-state index in [1.807, 2.05) is 42.5 Å². The molecular weight excluding hydrogens is 442 g/mol. The van der Waals surface area contributed by atoms with Crippen molar-refractivity contribution in [1.29, 1.82) is 0 Å². The molecule has 1 fully saturated rings. The Morgan fingerprint density at radius 1 is 1.14 bits per heavy atom. The summed E-state index contributed by atoms with van der Waals surface area (Å²) in [5.74, 6) is 1.50. The summed E-state index contributed by atoms with van der Waals surface area (Å²) in [5.41, 5.74) is 3.64. The number of methoxy groups -OCH3 is 1. The van der Waals surface area contributed by atoms with Gasteiger partial charge >= 0.3 is 5.97 Å². The van der Waals surface area contributed by atoms with Crippen LogP contribution in [-0.2, 0) is 11.8 Å². The molecule has 1 aromatic heterocycles. The Bertz CT molecular complexity index is 1160. The number of amides is 1. The number of aromatic nitrogens is 2. The zero-order valence-electron chi connectivity index (χ0n) is 20.6. The second-order valence-corrected chi connectivity index (χ2v) is 9.54. The first-order valence-electron chi connectivity index (χ1n) is 12.6. The minimum atomic E-state index is -0.929. The molecule has 2 N–H and O–H groups in total. The lowest BCUT2D eigenvalue weighted by Gasteiger charge is -2.24. The summed E-state index contributed by atoms with van der Waals surface area (Å²) < 4.78 is 7.57. The molecule has 1 amide bonds. The maximum atomic E-state index is 12.4. The summed E-state index contributed by atoms with van der Waals surface area (Å²) in [5, 5.41) is 11.5. The Morgan fingerprint density at radius 2 is 1.89 bits per heavy atom. The summed E-state index contributed by atoms with van der Waals surface area (Å²) in [7, 11) is 3.73. The van der Waals surface area contributed by atoms with E-state index in [9.17, 15) is 9.59 Å². The third-order valence-electron chi connectivity index (χ3n) is 7.22. The first kappa shape index (κ1) is 24.8. The van der Waals surface area contributed by atoms with Crippen LogP contribution in [0.25, 0.3) is 11.0 Å². The predicted molar refractivity (Wildman–Crippen MR) is 136 cm³/mol. The van der Waals surface area contributed by atoms with E-state index >= 15 is 0 Å². The van der Waals surface area contributed by atoms with Crippen LogP contribution in [0.1, 0.15) is 79.0 Å². The van der Waals surface area contributed by atoms with Crippen molar-refractivity contribution in [2.75, 3.05) is 13.7 Å². The van der Waals surface area contributed by atoms with Crippen LogP contribution in [0.15, 0.2) is 42.5 Å². The van der Waals surface area contributed by atoms with E-state index in [-0.39, 0.29) is 24.8 Å². The number of hydrogen-bond acceptors (Lipinski definition) is 4. The highest BCUT2D eigenvalue weighted by Crippen LogP contribution is 2.36. The number of benzene rings is 2. The highest BCUT2D eigenvalue weighted by Gasteiger charge is 2.24. The normalized spacial score (nSPS) is 15.1. The molecule has 186 valence electrons. The van der Waals surface area contributed by atoms with Gasteiger partial charge in [0.05, 0.1) is 24.6 Å². The lowest BCUT2D eigenvalue weighted by Crippen LogP contribution is -2.26. The number of rotatable bonds is 10. The molecule has 0 radical (unpaired) electrons. The van der Waals surface area contributed by atoms with E-state index < -0.39 is 5.97 Å². The van der Waals surface area contributed by atoms with Gasteiger partial charge in [0, 0.05) is 31.1 Å². The molecule has 1 saturated carbocycles. The number of nitrogens with one attached hydrogen (secondary N) is 1. The molecule has 7 nitrogen and oxygen atoms in total. The van der Waals surface area contributed by atoms with Gasteiger partial charge in [0.1, 0.15) is 11.6 Å². The lowest BCUT2D eigenvalue weighted by molar-refractivity contribution is -0.136. The predicted octanol–water partition coefficient (Wildman–Crippen LogP) is 5.28. The van der Waals surface area contributed by atoms with Crippen molar-refractivity contribution in [3.05, 3.63) is 59.4 Å². The number of carbonyl (C=O) groups excluding carboxylic acids is 1. The molecule has 1 aliphatic rings. The number of carboxylic acid groups (broad SMARTS) is 1. The summed E-state index contributed by atoms with van der Waals surface area (Å²) in [6, 6.07) is 13.7. The SMILES string of the molecule is COc1ccc2c(c1)nc(C(CCC1CCCCC1)c1ccc(C(=O)NCCC(=O)O)cc1)n2C. The van der Waals surface area contributed by atoms with E-state index in [0.29, 0.717) is 5.56 Å². The molecule has 1 unspecified atom stereocenters. The average Bonchev–Trinajstić information content (AvgIpc) is 3.20. The number of aliphatic carboxylic acids is 1. The topological polar surface area (TPSA) is 93.4 Å². The van der Waals surface area contributed by atoms with E-state index in [1.165, 1.54) is 32.1 Å². The van der Waals surface area contributed by atoms with Crippen LogP contribution in [0, 0.1) is 5.92 Å². The van der Waals surface area contributed by atoms with Crippen molar-refractivity contribution in [1.82, 2.24) is 14.9 Å². The summed E-state index contributed by atoms with van der Waals surface area (Å²) in [6.45, 7) is 0.114. The summed E-state index contributed by atoms with van der Waals surface area (Å²) in [6.07, 6.45) is 8.69. The smallest absolute Gasteiger partial charge is 0.305 e. The highest BCUT2D eigenvalue weighted by atomic mass is 16.5. The fourth-order valence-corrected chi connectivity index (χ4v) is 5.21. The van der Waals surface area contributed by atoms with Crippen LogP contribution < -0.4 is 10.1 Å². The average molecular weight is 478 g/mol. The van der Waals surface area contributed by atoms with Crippen molar-refractivity contribution >= 4 is 22.9 Å². The first-order valence-corrected chi connectivity index (χ1v) is 12.6. The maximum absolute atomic E-state index is 12.4. The fraction of sp³-hybridized carbons (Fsp3) is 0.464. The molecule has 1 atom stereocenters. The number of nitrogens with zero attached hydrogens (tertiary/aromatic N) is 2. The minimum Gasteiger partial charge on any atom is -0.497 e. The highest BCUT2D eigenvalue weighted by molar-refractivity contribution is 5.94. The largest absolute Gasteiger partial charge is 0.497 e. The van der Waals surface area contributed by atoms with Crippen molar-refractivity contribution < 1.29 is 19.4 Å². The molecule has 1 heterocycles. The molecule has 0 aliphatic heterocycles. The van der Waals surface area contributed by atoms with Gasteiger partial charge in [-0.05, 0) is 48.6 Å². The van der Waals surface area contributed by atoms with Crippen molar-refractivity contribution in [3.63, 3.8) is 0 Å². The number of carbonyl (C=O) groups is 2. The molecule has 1 aliphatic carbocycles. The van der Waals surface area contributed by atoms with Gasteiger partial charge < -0.3 is 19.7 Å². The molecular formula is C28H35N3O4. The second kappa shape index (κ2) is 11.4. The molecule has 0 bridgehead atoms. The number of fused-ring (bicyclic) bond motifs is 1. The van der Waals surface area contributed by atoms with E-state index in [2.05, 4.69) is 16.9 Å². The Balaban J connectivity index is 1.59. The molecule has 7 heteroatoms. The van der Waals surface area contributed by atoms with Crippen molar-refractivity contribution in [2.24, 2.45) is 13.0 Å². The number of imidazole rings is 1. The monoisotopic (exact) mass is 477 g/mol. The van der Waals surface area contributed by atoms with Crippen LogP contribution in [0.2, 0.25) is 0 Å². The van der Waals surface area contributed by atoms with Gasteiger partial charge in [-0.2, -0.15) is 0 Å². The van der Waals surface area contributed by atoms with Gasteiger partial charge in [-0.25, -0.2) is 4.98 Å². The Kier molecular flexibility index (Phi) is 8.06. The molecule has 4 rings (SSSR count). The van der Waals surface area contributed by atoms with Gasteiger partial charge in [0.25, 0.3) is 5.91 Å². The van der Waals surface area contributed by atoms with Gasteiger partial charge in [-0.15, -0.1) is 0 Å². The first-order chi connectivity index (χ1) is 17.0. The van der Waals surface area contributed by atoms with Crippen LogP contribution >= 0.6 is 0 Å². The van der Waals surface area contributed by atoms with Gasteiger partial charge in [-0.3, -0.25) is 9.59 Å². The number of ether oxygens (including phenoxy) is 1. The van der Waals surface area contributed by atoms with E-state index in [4.69, 9.17) is 14.8 Å². The molecule has 0 spiro atoms. The second-order valence-electron chi connectivity index (χ2n) is 9.54. The number of carboxylic acids is 1. The molecule has 3 aromatic rings. The van der Waals surface area contributed by atoms with E-state index in [1.54, 1.807) is 7.11 Å². The van der Waals surface area contributed by atoms with Crippen LogP contribution in [0.5, 0.6) is 5.75 Å². The quantitative estimate of drug-likeness (QED) is 0.414.